The number of aromatic amines is 1. The van der Waals surface area contributed by atoms with Crippen molar-refractivity contribution in [1.82, 2.24) is 25.5 Å². The zero-order valence-electron chi connectivity index (χ0n) is 18.4. The van der Waals surface area contributed by atoms with Gasteiger partial charge in [0.2, 0.25) is 17.7 Å². The fourth-order valence-corrected chi connectivity index (χ4v) is 3.14. The quantitative estimate of drug-likeness (QED) is 0.238. The highest BCUT2D eigenvalue weighted by atomic mass is 16.5. The number of hydrogen-bond acceptors (Lipinski definition) is 8. The molecule has 0 bridgehead atoms. The van der Waals surface area contributed by atoms with Crippen LogP contribution in [0.4, 0.5) is 0 Å². The lowest BCUT2D eigenvalue weighted by Crippen LogP contribution is -2.55. The molecule has 0 aliphatic carbocycles. The van der Waals surface area contributed by atoms with Crippen LogP contribution in [0.1, 0.15) is 39.0 Å². The first-order valence-electron chi connectivity index (χ1n) is 10.2. The highest BCUT2D eigenvalue weighted by Gasteiger charge is 2.38. The number of ether oxygens (including phenoxy) is 1. The van der Waals surface area contributed by atoms with Crippen LogP contribution in [-0.4, -0.2) is 69.3 Å². The number of aromatic nitrogens is 2. The van der Waals surface area contributed by atoms with Crippen LogP contribution in [0.3, 0.4) is 0 Å². The monoisotopic (exact) mass is 454 g/mol. The number of aliphatic hydroxyl groups is 1. The minimum Gasteiger partial charge on any atom is -0.394 e. The first kappa shape index (κ1) is 25.2. The number of amides is 3. The summed E-state index contributed by atoms with van der Waals surface area (Å²) in [7, 11) is 0. The summed E-state index contributed by atoms with van der Waals surface area (Å²) in [6.07, 6.45) is -0.0937. The number of carbonyl (C=O) groups is 3. The number of aliphatic hydroxyl groups excluding tert-OH is 1. The molecule has 0 radical (unpaired) electrons. The second-order valence-electron chi connectivity index (χ2n) is 7.89. The minimum atomic E-state index is -0.950. The first-order chi connectivity index (χ1) is 14.9. The van der Waals surface area contributed by atoms with E-state index in [0.717, 1.165) is 0 Å². The Morgan fingerprint density at radius 3 is 2.38 bits per heavy atom. The smallest absolute Gasteiger partial charge is 0.330 e. The van der Waals surface area contributed by atoms with Crippen molar-refractivity contribution in [3.63, 3.8) is 0 Å². The normalized spacial score (nSPS) is 23.1. The molecule has 2 heterocycles. The predicted octanol–water partition coefficient (Wildman–Crippen LogP) is -3.03. The van der Waals surface area contributed by atoms with Gasteiger partial charge in [-0.2, -0.15) is 0 Å². The number of aryl methyl sites for hydroxylation is 1. The van der Waals surface area contributed by atoms with Crippen LogP contribution in [0.25, 0.3) is 0 Å². The molecule has 1 aromatic heterocycles. The lowest BCUT2D eigenvalue weighted by molar-refractivity contribution is -0.132. The molecule has 13 nitrogen and oxygen atoms in total. The van der Waals surface area contributed by atoms with Crippen molar-refractivity contribution in [2.45, 2.75) is 70.6 Å². The van der Waals surface area contributed by atoms with Crippen molar-refractivity contribution >= 4 is 17.7 Å². The molecule has 0 saturated carbocycles. The van der Waals surface area contributed by atoms with Gasteiger partial charge in [-0.25, -0.2) is 4.79 Å². The fraction of sp³-hybridized carbons (Fsp3) is 0.632. The van der Waals surface area contributed by atoms with Crippen LogP contribution in [0.2, 0.25) is 0 Å². The summed E-state index contributed by atoms with van der Waals surface area (Å²) in [4.78, 5) is 62.3. The van der Waals surface area contributed by atoms with Gasteiger partial charge in [-0.15, -0.1) is 0 Å². The minimum absolute atomic E-state index is 0.157. The van der Waals surface area contributed by atoms with Gasteiger partial charge < -0.3 is 31.5 Å². The molecule has 1 aromatic rings. The summed E-state index contributed by atoms with van der Waals surface area (Å²) >= 11 is 0. The largest absolute Gasteiger partial charge is 0.394 e. The molecule has 0 unspecified atom stereocenters. The molecule has 0 spiro atoms. The molecule has 1 fully saturated rings. The second-order valence-corrected chi connectivity index (χ2v) is 7.89. The van der Waals surface area contributed by atoms with E-state index in [0.29, 0.717) is 5.56 Å². The van der Waals surface area contributed by atoms with E-state index in [9.17, 15) is 29.1 Å². The third kappa shape index (κ3) is 6.02. The SMILES string of the molecule is Cc1cn([C@H]2C[C@H](NC(=O)[C@H](C)NC(=O)[C@H](C)NC(=O)[C@H](C)N)[C@@H](CO)O2)c(=O)[nH]c1=O. The maximum atomic E-state index is 12.6. The van der Waals surface area contributed by atoms with Gasteiger partial charge in [0, 0.05) is 18.2 Å². The number of rotatable bonds is 8. The fourth-order valence-electron chi connectivity index (χ4n) is 3.14. The number of nitrogens with one attached hydrogen (secondary N) is 4. The van der Waals surface area contributed by atoms with Gasteiger partial charge >= 0.3 is 5.69 Å². The number of nitrogens with zero attached hydrogens (tertiary/aromatic N) is 1. The summed E-state index contributed by atoms with van der Waals surface area (Å²) in [6.45, 7) is 5.52. The Hall–Kier alpha value is -3.03. The maximum Gasteiger partial charge on any atom is 0.330 e. The lowest BCUT2D eigenvalue weighted by Gasteiger charge is -2.22. The van der Waals surface area contributed by atoms with Gasteiger partial charge in [0.15, 0.2) is 0 Å². The van der Waals surface area contributed by atoms with Crippen LogP contribution in [0, 0.1) is 6.92 Å². The van der Waals surface area contributed by atoms with Gasteiger partial charge in [0.25, 0.3) is 5.56 Å². The molecule has 1 aliphatic rings. The maximum absolute atomic E-state index is 12.6. The standard InChI is InChI=1S/C19H30N6O7/c1-8-6-25(19(31)24-15(8)27)14-5-12(13(7-26)32-14)23-18(30)11(4)22-17(29)10(3)21-16(28)9(2)20/h6,9-14,26H,5,7,20H2,1-4H3,(H,21,28)(H,22,29)(H,23,30)(H,24,27,31)/t9-,10-,11-,12-,13+,14+/m0/s1. The summed E-state index contributed by atoms with van der Waals surface area (Å²) in [5.74, 6) is -1.62. The van der Waals surface area contributed by atoms with E-state index in [1.165, 1.54) is 38.5 Å². The Balaban J connectivity index is 2.00. The van der Waals surface area contributed by atoms with Crippen LogP contribution in [-0.2, 0) is 19.1 Å². The molecule has 0 aromatic carbocycles. The van der Waals surface area contributed by atoms with E-state index in [4.69, 9.17) is 10.5 Å². The van der Waals surface area contributed by atoms with Crippen LogP contribution in [0.15, 0.2) is 15.8 Å². The third-order valence-electron chi connectivity index (χ3n) is 5.12. The highest BCUT2D eigenvalue weighted by Crippen LogP contribution is 2.27. The number of carbonyl (C=O) groups excluding carboxylic acids is 3. The van der Waals surface area contributed by atoms with E-state index in [-0.39, 0.29) is 6.42 Å². The second kappa shape index (κ2) is 10.5. The number of H-pyrrole nitrogens is 1. The molecule has 7 N–H and O–H groups in total. The van der Waals surface area contributed by atoms with Crippen molar-refractivity contribution in [3.05, 3.63) is 32.6 Å². The Bertz CT molecular complexity index is 972. The van der Waals surface area contributed by atoms with Crippen molar-refractivity contribution in [2.75, 3.05) is 6.61 Å². The third-order valence-corrected chi connectivity index (χ3v) is 5.12. The van der Waals surface area contributed by atoms with E-state index in [1.807, 2.05) is 0 Å². The lowest BCUT2D eigenvalue weighted by atomic mass is 10.1. The number of nitrogens with two attached hydrogens (primary N) is 1. The van der Waals surface area contributed by atoms with Crippen LogP contribution < -0.4 is 32.9 Å². The zero-order valence-corrected chi connectivity index (χ0v) is 18.4. The molecule has 2 rings (SSSR count). The van der Waals surface area contributed by atoms with Gasteiger partial charge in [-0.05, 0) is 27.7 Å². The molecular weight excluding hydrogens is 424 g/mol. The average Bonchev–Trinajstić information content (AvgIpc) is 3.12. The highest BCUT2D eigenvalue weighted by molar-refractivity contribution is 5.92. The summed E-state index contributed by atoms with van der Waals surface area (Å²) in [5, 5.41) is 17.2. The molecule has 1 aliphatic heterocycles. The zero-order chi connectivity index (χ0) is 24.2. The topological polar surface area (TPSA) is 198 Å². The van der Waals surface area contributed by atoms with E-state index in [1.54, 1.807) is 0 Å². The first-order valence-corrected chi connectivity index (χ1v) is 10.2. The molecule has 178 valence electrons. The molecule has 13 heteroatoms. The Morgan fingerprint density at radius 2 is 1.78 bits per heavy atom. The van der Waals surface area contributed by atoms with E-state index < -0.39 is 72.1 Å². The van der Waals surface area contributed by atoms with E-state index >= 15 is 0 Å². The van der Waals surface area contributed by atoms with E-state index in [2.05, 4.69) is 20.9 Å². The Kier molecular flexibility index (Phi) is 8.30. The summed E-state index contributed by atoms with van der Waals surface area (Å²) in [6, 6.07) is -3.28. The van der Waals surface area contributed by atoms with Gasteiger partial charge in [0.1, 0.15) is 24.4 Å². The van der Waals surface area contributed by atoms with Crippen LogP contribution >= 0.6 is 0 Å². The average molecular weight is 454 g/mol. The van der Waals surface area contributed by atoms with Crippen molar-refractivity contribution < 1.29 is 24.2 Å². The number of hydrogen-bond donors (Lipinski definition) is 6. The molecule has 3 amide bonds. The van der Waals surface area contributed by atoms with Crippen molar-refractivity contribution in [2.24, 2.45) is 5.73 Å². The van der Waals surface area contributed by atoms with Crippen molar-refractivity contribution in [1.29, 1.82) is 0 Å². The molecular formula is C19H30N6O7. The molecule has 32 heavy (non-hydrogen) atoms. The van der Waals surface area contributed by atoms with Crippen LogP contribution in [0.5, 0.6) is 0 Å². The summed E-state index contributed by atoms with van der Waals surface area (Å²) in [5.41, 5.74) is 4.58. The predicted molar refractivity (Wildman–Crippen MR) is 112 cm³/mol. The van der Waals surface area contributed by atoms with Crippen molar-refractivity contribution in [3.8, 4) is 0 Å². The van der Waals surface area contributed by atoms with Gasteiger partial charge in [-0.1, -0.05) is 0 Å². The molecule has 1 saturated heterocycles. The Labute approximate surface area is 183 Å². The van der Waals surface area contributed by atoms with Gasteiger partial charge in [-0.3, -0.25) is 28.7 Å². The molecule has 6 atom stereocenters. The Morgan fingerprint density at radius 1 is 1.19 bits per heavy atom. The summed E-state index contributed by atoms with van der Waals surface area (Å²) < 4.78 is 6.87. The van der Waals surface area contributed by atoms with Gasteiger partial charge in [0.05, 0.1) is 18.7 Å².